The maximum absolute atomic E-state index is 11.9. The topological polar surface area (TPSA) is 20.3 Å². The summed E-state index contributed by atoms with van der Waals surface area (Å²) >= 11 is 1.83. The summed E-state index contributed by atoms with van der Waals surface area (Å²) in [5, 5.41) is 0.384. The SMILES string of the molecule is CCN(CC)C1CCC(C(=O)C2CS2)CC1. The summed E-state index contributed by atoms with van der Waals surface area (Å²) in [6.45, 7) is 6.78. The molecular formula is C13H23NOS. The summed E-state index contributed by atoms with van der Waals surface area (Å²) in [6.07, 6.45) is 4.74. The van der Waals surface area contributed by atoms with Crippen LogP contribution in [0.5, 0.6) is 0 Å². The van der Waals surface area contributed by atoms with Gasteiger partial charge in [0.05, 0.1) is 5.25 Å². The van der Waals surface area contributed by atoms with Gasteiger partial charge in [0.25, 0.3) is 0 Å². The predicted octanol–water partition coefficient (Wildman–Crippen LogP) is 2.57. The van der Waals surface area contributed by atoms with Gasteiger partial charge in [-0.2, -0.15) is 0 Å². The van der Waals surface area contributed by atoms with Gasteiger partial charge < -0.3 is 4.90 Å². The van der Waals surface area contributed by atoms with Gasteiger partial charge in [-0.1, -0.05) is 13.8 Å². The molecule has 2 rings (SSSR count). The smallest absolute Gasteiger partial charge is 0.149 e. The first-order valence-corrected chi connectivity index (χ1v) is 7.70. The van der Waals surface area contributed by atoms with Gasteiger partial charge in [-0.05, 0) is 38.8 Å². The Labute approximate surface area is 103 Å². The molecule has 2 aliphatic rings. The van der Waals surface area contributed by atoms with Crippen molar-refractivity contribution in [2.75, 3.05) is 18.8 Å². The number of Topliss-reactive ketones (excluding diaryl/α,β-unsaturated/α-hetero) is 1. The molecule has 1 aliphatic heterocycles. The van der Waals surface area contributed by atoms with E-state index in [1.165, 1.54) is 12.8 Å². The van der Waals surface area contributed by atoms with Crippen molar-refractivity contribution >= 4 is 17.5 Å². The molecule has 2 nitrogen and oxygen atoms in total. The lowest BCUT2D eigenvalue weighted by Crippen LogP contribution is -2.39. The van der Waals surface area contributed by atoms with Crippen LogP contribution in [0.4, 0.5) is 0 Å². The third kappa shape index (κ3) is 2.80. The van der Waals surface area contributed by atoms with Crippen molar-refractivity contribution in [3.8, 4) is 0 Å². The van der Waals surface area contributed by atoms with E-state index < -0.39 is 0 Å². The summed E-state index contributed by atoms with van der Waals surface area (Å²) in [5.74, 6) is 2.05. The number of rotatable bonds is 5. The molecule has 0 amide bonds. The second kappa shape index (κ2) is 5.54. The van der Waals surface area contributed by atoms with Crippen LogP contribution in [0.15, 0.2) is 0 Å². The molecule has 1 aliphatic carbocycles. The van der Waals surface area contributed by atoms with E-state index in [2.05, 4.69) is 18.7 Å². The number of carbonyl (C=O) groups is 1. The fourth-order valence-corrected chi connectivity index (χ4v) is 3.56. The van der Waals surface area contributed by atoms with Crippen LogP contribution in [0.1, 0.15) is 39.5 Å². The number of thioether (sulfide) groups is 1. The highest BCUT2D eigenvalue weighted by Crippen LogP contribution is 2.37. The minimum Gasteiger partial charge on any atom is -0.301 e. The number of ketones is 1. The van der Waals surface area contributed by atoms with E-state index in [0.717, 1.165) is 37.7 Å². The number of carbonyl (C=O) groups excluding carboxylic acids is 1. The normalized spacial score (nSPS) is 34.1. The van der Waals surface area contributed by atoms with Crippen LogP contribution < -0.4 is 0 Å². The van der Waals surface area contributed by atoms with Crippen molar-refractivity contribution in [1.82, 2.24) is 4.90 Å². The molecule has 1 unspecified atom stereocenters. The van der Waals surface area contributed by atoms with Gasteiger partial charge in [0, 0.05) is 17.7 Å². The molecule has 0 aromatic carbocycles. The van der Waals surface area contributed by atoms with Crippen LogP contribution >= 0.6 is 11.8 Å². The molecule has 3 heteroatoms. The third-order valence-corrected chi connectivity index (χ3v) is 4.98. The average Bonchev–Trinajstić information content (AvgIpc) is 3.15. The van der Waals surface area contributed by atoms with Gasteiger partial charge in [-0.3, -0.25) is 4.79 Å². The zero-order valence-corrected chi connectivity index (χ0v) is 11.3. The lowest BCUT2D eigenvalue weighted by Gasteiger charge is -2.35. The van der Waals surface area contributed by atoms with Crippen LogP contribution in [0.25, 0.3) is 0 Å². The first-order chi connectivity index (χ1) is 7.76. The summed E-state index contributed by atoms with van der Waals surface area (Å²) in [4.78, 5) is 14.5. The molecule has 1 heterocycles. The Bertz CT molecular complexity index is 240. The van der Waals surface area contributed by atoms with E-state index in [4.69, 9.17) is 0 Å². The molecule has 0 N–H and O–H groups in total. The van der Waals surface area contributed by atoms with Gasteiger partial charge in [-0.25, -0.2) is 0 Å². The minimum absolute atomic E-state index is 0.384. The van der Waals surface area contributed by atoms with Crippen LogP contribution in [0.3, 0.4) is 0 Å². The van der Waals surface area contributed by atoms with E-state index in [-0.39, 0.29) is 0 Å². The molecule has 0 spiro atoms. The van der Waals surface area contributed by atoms with Crippen molar-refractivity contribution in [2.45, 2.75) is 50.8 Å². The lowest BCUT2D eigenvalue weighted by molar-refractivity contribution is -0.122. The molecular weight excluding hydrogens is 218 g/mol. The van der Waals surface area contributed by atoms with Crippen LogP contribution in [0.2, 0.25) is 0 Å². The molecule has 16 heavy (non-hydrogen) atoms. The molecule has 0 bridgehead atoms. The monoisotopic (exact) mass is 241 g/mol. The third-order valence-electron chi connectivity index (χ3n) is 4.08. The molecule has 0 aromatic heterocycles. The van der Waals surface area contributed by atoms with Crippen LogP contribution in [-0.2, 0) is 4.79 Å². The van der Waals surface area contributed by atoms with Gasteiger partial charge >= 0.3 is 0 Å². The first kappa shape index (κ1) is 12.4. The Morgan fingerprint density at radius 3 is 2.19 bits per heavy atom. The molecule has 0 aromatic rings. The Morgan fingerprint density at radius 1 is 1.19 bits per heavy atom. The fourth-order valence-electron chi connectivity index (χ4n) is 2.94. The Hall–Kier alpha value is -0.0200. The number of nitrogens with zero attached hydrogens (tertiary/aromatic N) is 1. The Balaban J connectivity index is 1.79. The second-order valence-electron chi connectivity index (χ2n) is 4.95. The second-order valence-corrected chi connectivity index (χ2v) is 6.19. The first-order valence-electron chi connectivity index (χ1n) is 6.65. The highest BCUT2D eigenvalue weighted by atomic mass is 32.2. The van der Waals surface area contributed by atoms with E-state index in [9.17, 15) is 4.79 Å². The predicted molar refractivity (Wildman–Crippen MR) is 69.9 cm³/mol. The Morgan fingerprint density at radius 2 is 1.75 bits per heavy atom. The zero-order valence-electron chi connectivity index (χ0n) is 10.4. The van der Waals surface area contributed by atoms with Crippen LogP contribution in [-0.4, -0.2) is 40.8 Å². The highest BCUT2D eigenvalue weighted by Gasteiger charge is 2.37. The molecule has 0 radical (unpaired) electrons. The fraction of sp³-hybridized carbons (Fsp3) is 0.923. The summed E-state index contributed by atoms with van der Waals surface area (Å²) in [7, 11) is 0. The average molecular weight is 241 g/mol. The quantitative estimate of drug-likeness (QED) is 0.690. The standard InChI is InChI=1S/C13H23NOS/c1-3-14(4-2)11-7-5-10(6-8-11)13(15)12-9-16-12/h10-12H,3-9H2,1-2H3. The van der Waals surface area contributed by atoms with E-state index >= 15 is 0 Å². The summed E-state index contributed by atoms with van der Waals surface area (Å²) in [6, 6.07) is 0.742. The van der Waals surface area contributed by atoms with Crippen molar-refractivity contribution < 1.29 is 4.79 Å². The van der Waals surface area contributed by atoms with Crippen molar-refractivity contribution in [1.29, 1.82) is 0 Å². The van der Waals surface area contributed by atoms with Crippen molar-refractivity contribution in [2.24, 2.45) is 5.92 Å². The summed E-state index contributed by atoms with van der Waals surface area (Å²) < 4.78 is 0. The lowest BCUT2D eigenvalue weighted by atomic mass is 9.82. The van der Waals surface area contributed by atoms with Crippen molar-refractivity contribution in [3.63, 3.8) is 0 Å². The Kier molecular flexibility index (Phi) is 4.31. The largest absolute Gasteiger partial charge is 0.301 e. The summed E-state index contributed by atoms with van der Waals surface area (Å²) in [5.41, 5.74) is 0. The van der Waals surface area contributed by atoms with Gasteiger partial charge in [0.15, 0.2) is 0 Å². The van der Waals surface area contributed by atoms with E-state index in [0.29, 0.717) is 17.0 Å². The van der Waals surface area contributed by atoms with Crippen molar-refractivity contribution in [3.05, 3.63) is 0 Å². The maximum atomic E-state index is 11.9. The number of hydrogen-bond acceptors (Lipinski definition) is 3. The highest BCUT2D eigenvalue weighted by molar-refractivity contribution is 8.07. The van der Waals surface area contributed by atoms with E-state index in [1.807, 2.05) is 11.8 Å². The molecule has 92 valence electrons. The molecule has 2 fully saturated rings. The molecule has 1 atom stereocenters. The van der Waals surface area contributed by atoms with Gasteiger partial charge in [0.2, 0.25) is 0 Å². The van der Waals surface area contributed by atoms with Gasteiger partial charge in [0.1, 0.15) is 5.78 Å². The molecule has 1 saturated carbocycles. The zero-order chi connectivity index (χ0) is 11.5. The van der Waals surface area contributed by atoms with Crippen LogP contribution in [0, 0.1) is 5.92 Å². The van der Waals surface area contributed by atoms with Gasteiger partial charge in [-0.15, -0.1) is 11.8 Å². The maximum Gasteiger partial charge on any atom is 0.149 e. The molecule has 1 saturated heterocycles. The minimum atomic E-state index is 0.384. The van der Waals surface area contributed by atoms with E-state index in [1.54, 1.807) is 0 Å². The number of hydrogen-bond donors (Lipinski definition) is 0.